The Kier molecular flexibility index (Phi) is 9.28. The predicted molar refractivity (Wildman–Crippen MR) is 148 cm³/mol. The number of amides is 1. The van der Waals surface area contributed by atoms with E-state index < -0.39 is 45.5 Å². The maximum absolute atomic E-state index is 13.7. The number of aliphatic hydroxyl groups excluding tert-OH is 1. The number of halogens is 1. The number of thiocarbonyl (C=S) groups is 1. The summed E-state index contributed by atoms with van der Waals surface area (Å²) < 4.78 is 11.7. The zero-order valence-corrected chi connectivity index (χ0v) is 23.6. The van der Waals surface area contributed by atoms with Crippen molar-refractivity contribution < 1.29 is 39.0 Å². The number of likely N-dealkylation sites (tertiary alicyclic amines) is 1. The van der Waals surface area contributed by atoms with E-state index in [1.165, 1.54) is 55.5 Å². The summed E-state index contributed by atoms with van der Waals surface area (Å²) in [6.07, 6.45) is -1.09. The van der Waals surface area contributed by atoms with Crippen molar-refractivity contribution in [2.45, 2.75) is 45.9 Å². The van der Waals surface area contributed by atoms with Gasteiger partial charge in [0.15, 0.2) is 5.76 Å². The number of carbonyl (C=O) groups is 3. The first kappa shape index (κ1) is 30.7. The van der Waals surface area contributed by atoms with Crippen molar-refractivity contribution in [2.75, 3.05) is 0 Å². The highest BCUT2D eigenvalue weighted by Gasteiger charge is 2.53. The Hall–Kier alpha value is -3.87. The number of alkyl halides is 1. The molecule has 0 spiro atoms. The molecule has 1 saturated heterocycles. The van der Waals surface area contributed by atoms with Crippen LogP contribution < -0.4 is 4.74 Å². The molecule has 0 aromatic heterocycles. The van der Waals surface area contributed by atoms with Crippen molar-refractivity contribution in [3.05, 3.63) is 81.2 Å². The minimum absolute atomic E-state index is 0.0132. The maximum Gasteiger partial charge on any atom is 0.335 e. The molecule has 2 aromatic carbocycles. The number of allylic oxidation sites excluding steroid dienone is 1. The predicted octanol–water partition coefficient (Wildman–Crippen LogP) is 4.45. The van der Waals surface area contributed by atoms with Gasteiger partial charge in [-0.1, -0.05) is 32.4 Å². The molecule has 0 unspecified atom stereocenters. The van der Waals surface area contributed by atoms with Crippen molar-refractivity contribution in [3.8, 4) is 5.75 Å². The van der Waals surface area contributed by atoms with Crippen LogP contribution in [0.3, 0.4) is 0 Å². The van der Waals surface area contributed by atoms with Crippen LogP contribution in [0.5, 0.6) is 5.75 Å². The summed E-state index contributed by atoms with van der Waals surface area (Å²) in [5.41, 5.74) is -1.98. The summed E-state index contributed by atoms with van der Waals surface area (Å²) in [5, 5.41) is 29.9. The Labute approximate surface area is 240 Å². The van der Waals surface area contributed by atoms with Crippen LogP contribution in [0.25, 0.3) is 0 Å². The number of carboxylic acids is 1. The van der Waals surface area contributed by atoms with E-state index in [9.17, 15) is 34.7 Å². The number of nitro benzene ring substituents is 1. The van der Waals surface area contributed by atoms with Crippen molar-refractivity contribution in [2.24, 2.45) is 11.3 Å². The van der Waals surface area contributed by atoms with E-state index in [2.05, 4.69) is 0 Å². The smallest absolute Gasteiger partial charge is 0.335 e. The fourth-order valence-corrected chi connectivity index (χ4v) is 4.47. The SMILES string of the molecule is C[C@@H](O)[C@H]1C(=O)N(C(C(=S)OCc2ccc([N+](=O)[O-])cc2)=C(Oc2ccc(C(=O)O)cc2)C(=O)C(C)(C)C)[C@H]1Cl. The number of ketones is 1. The van der Waals surface area contributed by atoms with Gasteiger partial charge >= 0.3 is 5.97 Å². The molecule has 2 N–H and O–H groups in total. The lowest BCUT2D eigenvalue weighted by atomic mass is 9.87. The van der Waals surface area contributed by atoms with Crippen molar-refractivity contribution in [1.82, 2.24) is 4.90 Å². The molecule has 0 aliphatic carbocycles. The van der Waals surface area contributed by atoms with Gasteiger partial charge in [-0.15, -0.1) is 0 Å². The van der Waals surface area contributed by atoms with Gasteiger partial charge in [0, 0.05) is 17.5 Å². The van der Waals surface area contributed by atoms with Gasteiger partial charge in [0.1, 0.15) is 23.6 Å². The van der Waals surface area contributed by atoms with Gasteiger partial charge in [-0.2, -0.15) is 0 Å². The molecule has 1 aliphatic rings. The summed E-state index contributed by atoms with van der Waals surface area (Å²) in [6.45, 7) is 6.11. The summed E-state index contributed by atoms with van der Waals surface area (Å²) in [6, 6.07) is 10.8. The number of benzene rings is 2. The molecule has 0 saturated carbocycles. The van der Waals surface area contributed by atoms with E-state index in [4.69, 9.17) is 33.3 Å². The number of carboxylic acid groups (broad SMARTS) is 1. The second-order valence-electron chi connectivity index (χ2n) is 10.0. The van der Waals surface area contributed by atoms with Crippen LogP contribution in [0, 0.1) is 21.4 Å². The number of nitrogens with zero attached hydrogens (tertiary/aromatic N) is 2. The van der Waals surface area contributed by atoms with E-state index in [0.29, 0.717) is 5.56 Å². The molecule has 3 rings (SSSR count). The largest absolute Gasteiger partial charge is 0.478 e. The second-order valence-corrected chi connectivity index (χ2v) is 10.9. The third kappa shape index (κ3) is 6.64. The van der Waals surface area contributed by atoms with Crippen LogP contribution in [-0.2, 0) is 20.9 Å². The molecule has 0 bridgehead atoms. The van der Waals surface area contributed by atoms with Crippen LogP contribution in [0.4, 0.5) is 5.69 Å². The third-order valence-corrected chi connectivity index (χ3v) is 6.74. The quantitative estimate of drug-likeness (QED) is 0.0592. The van der Waals surface area contributed by atoms with Gasteiger partial charge in [-0.3, -0.25) is 24.6 Å². The first-order valence-corrected chi connectivity index (χ1v) is 12.8. The lowest BCUT2D eigenvalue weighted by Gasteiger charge is -2.46. The van der Waals surface area contributed by atoms with Crippen molar-refractivity contribution >= 4 is 52.2 Å². The second kappa shape index (κ2) is 12.1. The fraction of sp³-hybridized carbons (Fsp3) is 0.333. The van der Waals surface area contributed by atoms with Crippen LogP contribution in [-0.4, -0.2) is 54.4 Å². The number of non-ortho nitro benzene ring substituents is 1. The van der Waals surface area contributed by atoms with Gasteiger partial charge in [-0.05, 0) is 61.1 Å². The summed E-state index contributed by atoms with van der Waals surface area (Å²) >= 11 is 12.0. The van der Waals surface area contributed by atoms with Crippen molar-refractivity contribution in [1.29, 1.82) is 0 Å². The zero-order valence-electron chi connectivity index (χ0n) is 22.0. The molecule has 1 fully saturated rings. The molecule has 13 heteroatoms. The number of β-lactam (4-membered cyclic amide) rings is 1. The van der Waals surface area contributed by atoms with E-state index in [0.717, 1.165) is 4.90 Å². The van der Waals surface area contributed by atoms with Gasteiger partial charge in [0.05, 0.1) is 22.5 Å². The molecule has 212 valence electrons. The minimum Gasteiger partial charge on any atom is -0.478 e. The molecular formula is C27H27ClN2O9S. The maximum atomic E-state index is 13.7. The monoisotopic (exact) mass is 590 g/mol. The average Bonchev–Trinajstić information content (AvgIpc) is 2.88. The molecule has 1 aliphatic heterocycles. The Balaban J connectivity index is 2.08. The standard InChI is InChI=1S/C27H27ClN2O9S/c1-14(31)19-23(28)29(24(19)33)20(26(40)38-13-15-5-9-17(10-6-15)30(36)37)21(22(32)27(2,3)4)39-18-11-7-16(8-12-18)25(34)35/h5-12,14,19,23,31H,13H2,1-4H3,(H,34,35)/t14-,19-,23-/m1/s1. The molecular weight excluding hydrogens is 564 g/mol. The highest BCUT2D eigenvalue weighted by molar-refractivity contribution is 7.80. The van der Waals surface area contributed by atoms with Crippen LogP contribution >= 0.6 is 23.8 Å². The molecule has 3 atom stereocenters. The number of aliphatic hydroxyl groups is 1. The molecule has 0 radical (unpaired) electrons. The number of hydrogen-bond donors (Lipinski definition) is 2. The minimum atomic E-state index is -1.16. The first-order valence-electron chi connectivity index (χ1n) is 12.0. The highest BCUT2D eigenvalue weighted by atomic mass is 35.5. The van der Waals surface area contributed by atoms with E-state index in [1.807, 2.05) is 0 Å². The van der Waals surface area contributed by atoms with E-state index in [1.54, 1.807) is 20.8 Å². The average molecular weight is 591 g/mol. The molecule has 40 heavy (non-hydrogen) atoms. The summed E-state index contributed by atoms with van der Waals surface area (Å²) in [7, 11) is 0. The highest BCUT2D eigenvalue weighted by Crippen LogP contribution is 2.39. The Morgan fingerprint density at radius 1 is 1.15 bits per heavy atom. The Bertz CT molecular complexity index is 1370. The summed E-state index contributed by atoms with van der Waals surface area (Å²) in [5.74, 6) is -3.60. The fourth-order valence-electron chi connectivity index (χ4n) is 3.71. The number of aromatic carboxylic acids is 1. The topological polar surface area (TPSA) is 157 Å². The van der Waals surface area contributed by atoms with Crippen LogP contribution in [0.1, 0.15) is 43.6 Å². The Morgan fingerprint density at radius 2 is 1.73 bits per heavy atom. The Morgan fingerprint density at radius 3 is 2.17 bits per heavy atom. The number of hydrogen-bond acceptors (Lipinski definition) is 9. The lowest BCUT2D eigenvalue weighted by Crippen LogP contribution is -2.62. The molecule has 1 heterocycles. The lowest BCUT2D eigenvalue weighted by molar-refractivity contribution is -0.384. The third-order valence-electron chi connectivity index (χ3n) is 5.96. The van der Waals surface area contributed by atoms with Gasteiger partial charge < -0.3 is 19.7 Å². The number of Topliss-reactive ketones (excluding diaryl/α,β-unsaturated/α-hetero) is 1. The van der Waals surface area contributed by atoms with Gasteiger partial charge in [0.25, 0.3) is 5.69 Å². The molecule has 1 amide bonds. The van der Waals surface area contributed by atoms with E-state index >= 15 is 0 Å². The number of ether oxygens (including phenoxy) is 2. The van der Waals surface area contributed by atoms with Gasteiger partial charge in [-0.25, -0.2) is 4.79 Å². The number of rotatable bonds is 10. The summed E-state index contributed by atoms with van der Waals surface area (Å²) in [4.78, 5) is 49.4. The number of carbonyl (C=O) groups excluding carboxylic acids is 2. The first-order chi connectivity index (χ1) is 18.6. The number of nitro groups is 1. The van der Waals surface area contributed by atoms with E-state index in [-0.39, 0.29) is 40.1 Å². The molecule has 11 nitrogen and oxygen atoms in total. The van der Waals surface area contributed by atoms with Crippen molar-refractivity contribution in [3.63, 3.8) is 0 Å². The van der Waals surface area contributed by atoms with Gasteiger partial charge in [0.2, 0.25) is 16.7 Å². The van der Waals surface area contributed by atoms with Crippen LogP contribution in [0.15, 0.2) is 60.0 Å². The van der Waals surface area contributed by atoms with Crippen LogP contribution in [0.2, 0.25) is 0 Å². The zero-order chi connectivity index (χ0) is 29.9. The normalized spacial score (nSPS) is 18.2. The molecule has 2 aromatic rings.